The van der Waals surface area contributed by atoms with Crippen molar-refractivity contribution in [3.8, 4) is 23.0 Å². The van der Waals surface area contributed by atoms with Gasteiger partial charge in [0.25, 0.3) is 0 Å². The van der Waals surface area contributed by atoms with E-state index in [4.69, 9.17) is 23.7 Å². The Labute approximate surface area is 309 Å². The summed E-state index contributed by atoms with van der Waals surface area (Å²) >= 11 is 0. The molecule has 10 heteroatoms. The second-order valence-electron chi connectivity index (χ2n) is 12.8. The maximum atomic E-state index is 12.1. The smallest absolute Gasteiger partial charge is 0.330 e. The molecular formula is C42H56N4O6. The van der Waals surface area contributed by atoms with Crippen molar-refractivity contribution >= 4 is 34.5 Å². The van der Waals surface area contributed by atoms with Crippen LogP contribution in [0.1, 0.15) is 82.8 Å². The third-order valence-corrected chi connectivity index (χ3v) is 8.88. The van der Waals surface area contributed by atoms with E-state index < -0.39 is 5.97 Å². The number of unbranched alkanes of at least 4 members (excludes halogenated alkanes) is 6. The van der Waals surface area contributed by atoms with E-state index in [1.165, 1.54) is 70.9 Å². The number of carbonyl (C=O) groups excluding carboxylic acids is 1. The number of hydrogen-bond donors (Lipinski definition) is 1. The molecule has 280 valence electrons. The first-order chi connectivity index (χ1) is 25.5. The fourth-order valence-corrected chi connectivity index (χ4v) is 5.95. The number of anilines is 2. The van der Waals surface area contributed by atoms with Gasteiger partial charge < -0.3 is 33.9 Å². The van der Waals surface area contributed by atoms with Gasteiger partial charge >= 0.3 is 5.97 Å². The van der Waals surface area contributed by atoms with Crippen LogP contribution in [0.25, 0.3) is 17.0 Å². The Balaban J connectivity index is 1.56. The molecule has 0 fully saturated rings. The number of rotatable bonds is 24. The van der Waals surface area contributed by atoms with Crippen molar-refractivity contribution in [3.63, 3.8) is 0 Å². The second-order valence-corrected chi connectivity index (χ2v) is 12.8. The molecule has 0 unspecified atom stereocenters. The Hall–Kier alpha value is -4.83. The van der Waals surface area contributed by atoms with Gasteiger partial charge in [0, 0.05) is 35.7 Å². The monoisotopic (exact) mass is 712 g/mol. The Morgan fingerprint density at radius 3 is 2.10 bits per heavy atom. The number of esters is 1. The summed E-state index contributed by atoms with van der Waals surface area (Å²) < 4.78 is 28.8. The number of fused-ring (bicyclic) bond motifs is 1. The van der Waals surface area contributed by atoms with E-state index in [0.29, 0.717) is 58.8 Å². The lowest BCUT2D eigenvalue weighted by molar-refractivity contribution is -0.134. The molecule has 3 aromatic carbocycles. The molecule has 52 heavy (non-hydrogen) atoms. The number of nitrogens with one attached hydrogen (secondary N) is 1. The summed E-state index contributed by atoms with van der Waals surface area (Å²) in [5.74, 6) is 2.34. The highest BCUT2D eigenvalue weighted by atomic mass is 16.5. The van der Waals surface area contributed by atoms with Crippen LogP contribution in [0.4, 0.5) is 11.5 Å². The topological polar surface area (TPSA) is 104 Å². The van der Waals surface area contributed by atoms with Gasteiger partial charge in [0.05, 0.1) is 39.1 Å². The van der Waals surface area contributed by atoms with Crippen molar-refractivity contribution in [2.75, 3.05) is 52.9 Å². The van der Waals surface area contributed by atoms with Gasteiger partial charge in [0.2, 0.25) is 0 Å². The van der Waals surface area contributed by atoms with E-state index in [9.17, 15) is 4.79 Å². The van der Waals surface area contributed by atoms with Crippen LogP contribution in [-0.4, -0.2) is 68.4 Å². The summed E-state index contributed by atoms with van der Waals surface area (Å²) in [5.41, 5.74) is 3.01. The predicted octanol–water partition coefficient (Wildman–Crippen LogP) is 9.39. The summed E-state index contributed by atoms with van der Waals surface area (Å²) in [6.45, 7) is 8.69. The van der Waals surface area contributed by atoms with Crippen LogP contribution in [0.5, 0.6) is 23.0 Å². The molecule has 0 spiro atoms. The van der Waals surface area contributed by atoms with Crippen LogP contribution in [0.15, 0.2) is 67.0 Å². The van der Waals surface area contributed by atoms with Crippen molar-refractivity contribution in [1.29, 1.82) is 0 Å². The molecule has 1 N–H and O–H groups in total. The first-order valence-corrected chi connectivity index (χ1v) is 18.6. The summed E-state index contributed by atoms with van der Waals surface area (Å²) in [5, 5.41) is 4.21. The summed E-state index contributed by atoms with van der Waals surface area (Å²) in [6.07, 6.45) is 15.6. The number of ether oxygens (including phenoxy) is 5. The third-order valence-electron chi connectivity index (χ3n) is 8.88. The highest BCUT2D eigenvalue weighted by Crippen LogP contribution is 2.39. The number of hydrogen-bond acceptors (Lipinski definition) is 10. The number of benzene rings is 3. The molecule has 0 aliphatic rings. The van der Waals surface area contributed by atoms with Crippen LogP contribution in [0.3, 0.4) is 0 Å². The zero-order valence-corrected chi connectivity index (χ0v) is 31.6. The quantitative estimate of drug-likeness (QED) is 0.0429. The van der Waals surface area contributed by atoms with E-state index in [0.717, 1.165) is 37.0 Å². The molecule has 0 aliphatic carbocycles. The molecule has 4 aromatic rings. The van der Waals surface area contributed by atoms with E-state index in [1.54, 1.807) is 26.4 Å². The van der Waals surface area contributed by atoms with Gasteiger partial charge in [-0.3, -0.25) is 0 Å². The van der Waals surface area contributed by atoms with Crippen molar-refractivity contribution in [3.05, 3.63) is 78.1 Å². The van der Waals surface area contributed by atoms with Gasteiger partial charge in [-0.1, -0.05) is 82.7 Å². The van der Waals surface area contributed by atoms with E-state index in [2.05, 4.69) is 34.0 Å². The molecule has 0 radical (unpaired) electrons. The van der Waals surface area contributed by atoms with Crippen LogP contribution >= 0.6 is 0 Å². The first-order valence-electron chi connectivity index (χ1n) is 18.6. The average molecular weight is 713 g/mol. The van der Waals surface area contributed by atoms with Crippen LogP contribution in [-0.2, 0) is 16.1 Å². The molecule has 0 amide bonds. The minimum atomic E-state index is -0.480. The molecule has 0 saturated carbocycles. The number of carbonyl (C=O) groups is 1. The highest BCUT2D eigenvalue weighted by Gasteiger charge is 2.16. The Bertz CT molecular complexity index is 1690. The standard InChI is InChI=1S/C42H56N4O6/c1-6-8-10-15-22-46(23-16-11-9-7-2)24-17-25-51-39-27-34-36(29-38(39)49-4)43-31-44-42(34)45-35-28-40(52-30-32-18-13-12-14-19-32)37(48-3)26-33(35)20-21-41(47)50-5/h12-14,18-21,26-29,31H,6-11,15-17,22-25,30H2,1-5H3,(H,43,44,45)/b21-20+. The van der Waals surface area contributed by atoms with Gasteiger partial charge in [-0.25, -0.2) is 14.8 Å². The molecule has 4 rings (SSSR count). The van der Waals surface area contributed by atoms with Gasteiger partial charge in [0.1, 0.15) is 18.8 Å². The van der Waals surface area contributed by atoms with Gasteiger partial charge in [-0.05, 0) is 56.1 Å². The highest BCUT2D eigenvalue weighted by molar-refractivity contribution is 5.95. The average Bonchev–Trinajstić information content (AvgIpc) is 3.18. The zero-order chi connectivity index (χ0) is 37.0. The number of methoxy groups -OCH3 is 3. The minimum Gasteiger partial charge on any atom is -0.493 e. The molecule has 10 nitrogen and oxygen atoms in total. The lowest BCUT2D eigenvalue weighted by atomic mass is 10.1. The van der Waals surface area contributed by atoms with Crippen molar-refractivity contribution < 1.29 is 28.5 Å². The van der Waals surface area contributed by atoms with E-state index >= 15 is 0 Å². The maximum absolute atomic E-state index is 12.1. The van der Waals surface area contributed by atoms with E-state index in [-0.39, 0.29) is 0 Å². The molecule has 0 aliphatic heterocycles. The molecular weight excluding hydrogens is 656 g/mol. The number of nitrogens with zero attached hydrogens (tertiary/aromatic N) is 3. The predicted molar refractivity (Wildman–Crippen MR) is 209 cm³/mol. The largest absolute Gasteiger partial charge is 0.493 e. The minimum absolute atomic E-state index is 0.348. The Morgan fingerprint density at radius 2 is 1.42 bits per heavy atom. The van der Waals surface area contributed by atoms with Gasteiger partial charge in [-0.15, -0.1) is 0 Å². The number of aromatic nitrogens is 2. The Morgan fingerprint density at radius 1 is 0.750 bits per heavy atom. The van der Waals surface area contributed by atoms with Gasteiger partial charge in [0.15, 0.2) is 23.0 Å². The first kappa shape index (κ1) is 39.9. The lowest BCUT2D eigenvalue weighted by Crippen LogP contribution is -2.28. The lowest BCUT2D eigenvalue weighted by Gasteiger charge is -2.22. The van der Waals surface area contributed by atoms with Crippen molar-refractivity contribution in [2.24, 2.45) is 0 Å². The molecule has 1 heterocycles. The normalized spacial score (nSPS) is 11.3. The third kappa shape index (κ3) is 12.4. The maximum Gasteiger partial charge on any atom is 0.330 e. The summed E-state index contributed by atoms with van der Waals surface area (Å²) in [4.78, 5) is 23.8. The summed E-state index contributed by atoms with van der Waals surface area (Å²) in [7, 11) is 4.56. The van der Waals surface area contributed by atoms with Crippen LogP contribution in [0.2, 0.25) is 0 Å². The van der Waals surface area contributed by atoms with Crippen LogP contribution < -0.4 is 24.3 Å². The van der Waals surface area contributed by atoms with Gasteiger partial charge in [-0.2, -0.15) is 0 Å². The molecule has 1 aromatic heterocycles. The fourth-order valence-electron chi connectivity index (χ4n) is 5.95. The fraction of sp³-hybridized carbons (Fsp3) is 0.452. The Kier molecular flexibility index (Phi) is 17.0. The molecule has 0 atom stereocenters. The molecule has 0 bridgehead atoms. The zero-order valence-electron chi connectivity index (χ0n) is 31.6. The van der Waals surface area contributed by atoms with Crippen molar-refractivity contribution in [1.82, 2.24) is 14.9 Å². The van der Waals surface area contributed by atoms with Crippen LogP contribution in [0, 0.1) is 0 Å². The second kappa shape index (κ2) is 22.2. The molecule has 0 saturated heterocycles. The summed E-state index contributed by atoms with van der Waals surface area (Å²) in [6, 6.07) is 17.3. The van der Waals surface area contributed by atoms with Crippen molar-refractivity contribution in [2.45, 2.75) is 78.2 Å². The SMILES string of the molecule is CCCCCCN(CCCCCC)CCCOc1cc2c(Nc3cc(OCc4ccccc4)c(OC)cc3/C=C/C(=O)OC)ncnc2cc1OC. The van der Waals surface area contributed by atoms with E-state index in [1.807, 2.05) is 48.5 Å².